The molecule has 2 N–H and O–H groups in total. The van der Waals surface area contributed by atoms with E-state index in [-0.39, 0.29) is 30.5 Å². The molecule has 2 heterocycles. The van der Waals surface area contributed by atoms with Gasteiger partial charge in [-0.1, -0.05) is 12.1 Å². The van der Waals surface area contributed by atoms with E-state index < -0.39 is 0 Å². The summed E-state index contributed by atoms with van der Waals surface area (Å²) in [6, 6.07) is 8.75. The van der Waals surface area contributed by atoms with Gasteiger partial charge in [-0.25, -0.2) is 0 Å². The van der Waals surface area contributed by atoms with Gasteiger partial charge in [-0.2, -0.15) is 0 Å². The molecule has 2 aromatic heterocycles. The van der Waals surface area contributed by atoms with Gasteiger partial charge in [0, 0.05) is 36.2 Å². The summed E-state index contributed by atoms with van der Waals surface area (Å²) < 4.78 is 1.35. The minimum Gasteiger partial charge on any atom is -0.396 e. The van der Waals surface area contributed by atoms with Crippen LogP contribution in [-0.4, -0.2) is 28.7 Å². The molecule has 0 saturated carbocycles. The monoisotopic (exact) mass is 306 g/mol. The molecule has 1 amide bonds. The van der Waals surface area contributed by atoms with Gasteiger partial charge in [0.1, 0.15) is 6.54 Å². The second-order valence-corrected chi connectivity index (χ2v) is 5.84. The molecule has 1 atom stereocenters. The van der Waals surface area contributed by atoms with E-state index in [1.54, 1.807) is 29.7 Å². The lowest BCUT2D eigenvalue weighted by Gasteiger charge is -2.14. The van der Waals surface area contributed by atoms with E-state index in [1.165, 1.54) is 15.5 Å². The Balaban J connectivity index is 1.82. The number of carbonyl (C=O) groups excluding carboxylic acids is 1. The SMILES string of the molecule is O=C(Cn1ccccc1=O)NCC(CO)Cc1cccs1. The van der Waals surface area contributed by atoms with Crippen molar-refractivity contribution in [3.8, 4) is 0 Å². The largest absolute Gasteiger partial charge is 0.396 e. The van der Waals surface area contributed by atoms with Crippen molar-refractivity contribution in [2.24, 2.45) is 5.92 Å². The molecular weight excluding hydrogens is 288 g/mol. The van der Waals surface area contributed by atoms with Crippen molar-refractivity contribution in [1.29, 1.82) is 0 Å². The molecule has 2 aromatic rings. The number of nitrogens with zero attached hydrogens (tertiary/aromatic N) is 1. The zero-order chi connectivity index (χ0) is 15.1. The van der Waals surface area contributed by atoms with Crippen LogP contribution in [0.15, 0.2) is 46.7 Å². The predicted octanol–water partition coefficient (Wildman–Crippen LogP) is 0.877. The van der Waals surface area contributed by atoms with Crippen molar-refractivity contribution in [2.45, 2.75) is 13.0 Å². The van der Waals surface area contributed by atoms with Gasteiger partial charge in [0.15, 0.2) is 0 Å². The summed E-state index contributed by atoms with van der Waals surface area (Å²) in [6.07, 6.45) is 2.32. The molecular formula is C15H18N2O3S. The smallest absolute Gasteiger partial charge is 0.250 e. The highest BCUT2D eigenvalue weighted by atomic mass is 32.1. The van der Waals surface area contributed by atoms with Gasteiger partial charge in [-0.15, -0.1) is 11.3 Å². The molecule has 1 unspecified atom stereocenters. The highest BCUT2D eigenvalue weighted by molar-refractivity contribution is 7.09. The number of hydrogen-bond acceptors (Lipinski definition) is 4. The Morgan fingerprint density at radius 2 is 2.19 bits per heavy atom. The lowest BCUT2D eigenvalue weighted by Crippen LogP contribution is -2.36. The molecule has 0 saturated heterocycles. The van der Waals surface area contributed by atoms with Crippen LogP contribution >= 0.6 is 11.3 Å². The van der Waals surface area contributed by atoms with E-state index in [4.69, 9.17) is 0 Å². The quantitative estimate of drug-likeness (QED) is 0.797. The summed E-state index contributed by atoms with van der Waals surface area (Å²) in [7, 11) is 0. The van der Waals surface area contributed by atoms with E-state index in [2.05, 4.69) is 5.32 Å². The second kappa shape index (κ2) is 7.75. The third kappa shape index (κ3) is 4.84. The van der Waals surface area contributed by atoms with Crippen LogP contribution in [-0.2, 0) is 17.8 Å². The van der Waals surface area contributed by atoms with Crippen LogP contribution in [0.1, 0.15) is 4.88 Å². The van der Waals surface area contributed by atoms with Crippen LogP contribution in [0.3, 0.4) is 0 Å². The van der Waals surface area contributed by atoms with E-state index in [1.807, 2.05) is 17.5 Å². The van der Waals surface area contributed by atoms with E-state index in [0.717, 1.165) is 6.42 Å². The van der Waals surface area contributed by atoms with Crippen molar-refractivity contribution < 1.29 is 9.90 Å². The maximum Gasteiger partial charge on any atom is 0.250 e. The van der Waals surface area contributed by atoms with Crippen molar-refractivity contribution in [2.75, 3.05) is 13.2 Å². The predicted molar refractivity (Wildman–Crippen MR) is 82.3 cm³/mol. The number of hydrogen-bond donors (Lipinski definition) is 2. The highest BCUT2D eigenvalue weighted by Gasteiger charge is 2.11. The van der Waals surface area contributed by atoms with Gasteiger partial charge in [0.25, 0.3) is 5.56 Å². The molecule has 112 valence electrons. The Bertz CT molecular complexity index is 622. The third-order valence-electron chi connectivity index (χ3n) is 3.13. The van der Waals surface area contributed by atoms with Gasteiger partial charge in [-0.3, -0.25) is 9.59 Å². The summed E-state index contributed by atoms with van der Waals surface area (Å²) >= 11 is 1.64. The number of aliphatic hydroxyl groups excluding tert-OH is 1. The lowest BCUT2D eigenvalue weighted by molar-refractivity contribution is -0.121. The van der Waals surface area contributed by atoms with E-state index in [0.29, 0.717) is 6.54 Å². The Morgan fingerprint density at radius 1 is 1.33 bits per heavy atom. The second-order valence-electron chi connectivity index (χ2n) is 4.80. The van der Waals surface area contributed by atoms with Crippen LogP contribution in [0.2, 0.25) is 0 Å². The van der Waals surface area contributed by atoms with Crippen LogP contribution in [0.5, 0.6) is 0 Å². The van der Waals surface area contributed by atoms with Crippen molar-refractivity contribution >= 4 is 17.2 Å². The molecule has 6 heteroatoms. The molecule has 0 bridgehead atoms. The van der Waals surface area contributed by atoms with Crippen LogP contribution < -0.4 is 10.9 Å². The van der Waals surface area contributed by atoms with Crippen LogP contribution in [0.4, 0.5) is 0 Å². The first-order chi connectivity index (χ1) is 10.2. The number of pyridine rings is 1. The molecule has 0 aromatic carbocycles. The Morgan fingerprint density at radius 3 is 2.86 bits per heavy atom. The Hall–Kier alpha value is -1.92. The molecule has 0 aliphatic carbocycles. The minimum atomic E-state index is -0.229. The summed E-state index contributed by atoms with van der Waals surface area (Å²) in [5.41, 5.74) is -0.204. The van der Waals surface area contributed by atoms with Gasteiger partial charge >= 0.3 is 0 Å². The Labute approximate surface area is 126 Å². The first-order valence-electron chi connectivity index (χ1n) is 6.74. The number of amides is 1. The maximum atomic E-state index is 11.8. The normalized spacial score (nSPS) is 12.0. The number of thiophene rings is 1. The first-order valence-corrected chi connectivity index (χ1v) is 7.62. The minimum absolute atomic E-state index is 0.00315. The van der Waals surface area contributed by atoms with Gasteiger partial charge in [0.05, 0.1) is 0 Å². The molecule has 0 radical (unpaired) electrons. The highest BCUT2D eigenvalue weighted by Crippen LogP contribution is 2.13. The summed E-state index contributed by atoms with van der Waals surface area (Å²) in [5.74, 6) is -0.243. The van der Waals surface area contributed by atoms with E-state index >= 15 is 0 Å². The average molecular weight is 306 g/mol. The first kappa shape index (κ1) is 15.5. The molecule has 5 nitrogen and oxygen atoms in total. The number of rotatable bonds is 7. The summed E-state index contributed by atoms with van der Waals surface area (Å²) in [5, 5.41) is 14.1. The number of nitrogens with one attached hydrogen (secondary N) is 1. The zero-order valence-electron chi connectivity index (χ0n) is 11.6. The fraction of sp³-hybridized carbons (Fsp3) is 0.333. The summed E-state index contributed by atoms with van der Waals surface area (Å²) in [6.45, 7) is 0.412. The molecule has 0 aliphatic heterocycles. The Kier molecular flexibility index (Phi) is 5.71. The zero-order valence-corrected chi connectivity index (χ0v) is 12.4. The molecule has 0 spiro atoms. The topological polar surface area (TPSA) is 71.3 Å². The molecule has 2 rings (SSSR count). The van der Waals surface area contributed by atoms with E-state index in [9.17, 15) is 14.7 Å². The average Bonchev–Trinajstić information content (AvgIpc) is 2.99. The fourth-order valence-corrected chi connectivity index (χ4v) is 2.80. The van der Waals surface area contributed by atoms with Crippen molar-refractivity contribution in [1.82, 2.24) is 9.88 Å². The summed E-state index contributed by atoms with van der Waals surface area (Å²) in [4.78, 5) is 24.5. The number of carbonyl (C=O) groups is 1. The van der Waals surface area contributed by atoms with Gasteiger partial charge in [-0.05, 0) is 23.9 Å². The van der Waals surface area contributed by atoms with Gasteiger partial charge in [0.2, 0.25) is 5.91 Å². The standard InChI is InChI=1S/C15H18N2O3S/c18-11-12(8-13-4-3-7-21-13)9-16-14(19)10-17-6-2-1-5-15(17)20/h1-7,12,18H,8-11H2,(H,16,19). The molecule has 21 heavy (non-hydrogen) atoms. The number of aliphatic hydroxyl groups is 1. The number of aromatic nitrogens is 1. The van der Waals surface area contributed by atoms with Crippen LogP contribution in [0.25, 0.3) is 0 Å². The lowest BCUT2D eigenvalue weighted by atomic mass is 10.1. The maximum absolute atomic E-state index is 11.8. The third-order valence-corrected chi connectivity index (χ3v) is 4.03. The van der Waals surface area contributed by atoms with Crippen molar-refractivity contribution in [3.05, 3.63) is 57.1 Å². The van der Waals surface area contributed by atoms with Crippen LogP contribution in [0, 0.1) is 5.92 Å². The molecule has 0 fully saturated rings. The fourth-order valence-electron chi connectivity index (χ4n) is 1.97. The van der Waals surface area contributed by atoms with Gasteiger partial charge < -0.3 is 15.0 Å². The molecule has 0 aliphatic rings. The van der Waals surface area contributed by atoms with Crippen molar-refractivity contribution in [3.63, 3.8) is 0 Å².